The van der Waals surface area contributed by atoms with E-state index in [-0.39, 0.29) is 24.3 Å². The first-order valence-electron chi connectivity index (χ1n) is 8.00. The Morgan fingerprint density at radius 1 is 1.30 bits per heavy atom. The van der Waals surface area contributed by atoms with E-state index in [0.717, 1.165) is 5.56 Å². The zero-order valence-corrected chi connectivity index (χ0v) is 14.1. The van der Waals surface area contributed by atoms with E-state index in [4.69, 9.17) is 16.3 Å². The number of ether oxygens (including phenoxy) is 1. The predicted octanol–water partition coefficient (Wildman–Crippen LogP) is 2.23. The molecule has 2 rings (SSSR count). The van der Waals surface area contributed by atoms with Crippen molar-refractivity contribution in [3.8, 4) is 0 Å². The lowest BCUT2D eigenvalue weighted by Crippen LogP contribution is -2.44. The number of rotatable bonds is 6. The van der Waals surface area contributed by atoms with Crippen molar-refractivity contribution in [2.75, 3.05) is 26.2 Å². The van der Waals surface area contributed by atoms with Crippen LogP contribution in [0.4, 0.5) is 0 Å². The third-order valence-electron chi connectivity index (χ3n) is 4.02. The zero-order chi connectivity index (χ0) is 16.7. The second-order valence-electron chi connectivity index (χ2n) is 5.60. The van der Waals surface area contributed by atoms with Crippen LogP contribution in [0.1, 0.15) is 25.3 Å². The average molecular weight is 339 g/mol. The molecule has 1 saturated heterocycles. The standard InChI is InChI=1S/C17H23ClN2O3/c1-2-23-17(22)13-7-9-20(10-8-13)16(21)12-19-11-14-5-3-4-6-15(14)18/h3-6,13,19H,2,7-12H2,1H3. The second-order valence-corrected chi connectivity index (χ2v) is 6.01. The van der Waals surface area contributed by atoms with Gasteiger partial charge in [-0.25, -0.2) is 0 Å². The molecule has 1 amide bonds. The van der Waals surface area contributed by atoms with E-state index in [2.05, 4.69) is 5.32 Å². The number of amides is 1. The third kappa shape index (κ3) is 5.22. The number of esters is 1. The highest BCUT2D eigenvalue weighted by molar-refractivity contribution is 6.31. The summed E-state index contributed by atoms with van der Waals surface area (Å²) < 4.78 is 5.03. The molecule has 0 bridgehead atoms. The molecule has 0 radical (unpaired) electrons. The van der Waals surface area contributed by atoms with Gasteiger partial charge < -0.3 is 15.0 Å². The minimum absolute atomic E-state index is 0.0550. The number of nitrogens with one attached hydrogen (secondary N) is 1. The van der Waals surface area contributed by atoms with E-state index in [0.29, 0.717) is 44.1 Å². The molecule has 1 fully saturated rings. The summed E-state index contributed by atoms with van der Waals surface area (Å²) in [5.41, 5.74) is 0.975. The van der Waals surface area contributed by atoms with Crippen LogP contribution >= 0.6 is 11.6 Å². The summed E-state index contributed by atoms with van der Waals surface area (Å²) in [6.45, 7) is 4.26. The minimum Gasteiger partial charge on any atom is -0.466 e. The molecule has 1 heterocycles. The molecular weight excluding hydrogens is 316 g/mol. The highest BCUT2D eigenvalue weighted by Gasteiger charge is 2.27. The van der Waals surface area contributed by atoms with Crippen LogP contribution in [0, 0.1) is 5.92 Å². The Bertz CT molecular complexity index is 542. The molecule has 0 unspecified atom stereocenters. The fraction of sp³-hybridized carbons (Fsp3) is 0.529. The van der Waals surface area contributed by atoms with Gasteiger partial charge in [0.05, 0.1) is 19.1 Å². The maximum absolute atomic E-state index is 12.2. The average Bonchev–Trinajstić information content (AvgIpc) is 2.57. The van der Waals surface area contributed by atoms with E-state index in [9.17, 15) is 9.59 Å². The predicted molar refractivity (Wildman–Crippen MR) is 89.1 cm³/mol. The third-order valence-corrected chi connectivity index (χ3v) is 4.39. The minimum atomic E-state index is -0.142. The van der Waals surface area contributed by atoms with Gasteiger partial charge in [-0.2, -0.15) is 0 Å². The molecular formula is C17H23ClN2O3. The summed E-state index contributed by atoms with van der Waals surface area (Å²) in [5.74, 6) is -0.161. The molecule has 1 aromatic carbocycles. The maximum Gasteiger partial charge on any atom is 0.309 e. The number of halogens is 1. The molecule has 0 aromatic heterocycles. The van der Waals surface area contributed by atoms with E-state index >= 15 is 0 Å². The van der Waals surface area contributed by atoms with Crippen molar-refractivity contribution in [1.29, 1.82) is 0 Å². The topological polar surface area (TPSA) is 58.6 Å². The number of benzene rings is 1. The second kappa shape index (κ2) is 8.89. The van der Waals surface area contributed by atoms with Gasteiger partial charge in [0.15, 0.2) is 0 Å². The van der Waals surface area contributed by atoms with Gasteiger partial charge in [-0.1, -0.05) is 29.8 Å². The van der Waals surface area contributed by atoms with Crippen LogP contribution in [-0.4, -0.2) is 43.0 Å². The van der Waals surface area contributed by atoms with E-state index in [1.165, 1.54) is 0 Å². The Hall–Kier alpha value is -1.59. The number of hydrogen-bond donors (Lipinski definition) is 1. The number of likely N-dealkylation sites (tertiary alicyclic amines) is 1. The van der Waals surface area contributed by atoms with Crippen molar-refractivity contribution in [2.24, 2.45) is 5.92 Å². The summed E-state index contributed by atoms with van der Waals surface area (Å²) in [6.07, 6.45) is 1.35. The Balaban J connectivity index is 1.71. The SMILES string of the molecule is CCOC(=O)C1CCN(C(=O)CNCc2ccccc2Cl)CC1. The molecule has 23 heavy (non-hydrogen) atoms. The van der Waals surface area contributed by atoms with Gasteiger partial charge >= 0.3 is 5.97 Å². The first-order valence-corrected chi connectivity index (χ1v) is 8.38. The number of carbonyl (C=O) groups is 2. The molecule has 1 aromatic rings. The van der Waals surface area contributed by atoms with E-state index in [1.54, 1.807) is 11.8 Å². The van der Waals surface area contributed by atoms with Crippen molar-refractivity contribution >= 4 is 23.5 Å². The maximum atomic E-state index is 12.2. The lowest BCUT2D eigenvalue weighted by Gasteiger charge is -2.31. The van der Waals surface area contributed by atoms with Crippen LogP contribution in [0.3, 0.4) is 0 Å². The molecule has 0 atom stereocenters. The van der Waals surface area contributed by atoms with Crippen molar-refractivity contribution in [3.05, 3.63) is 34.9 Å². The molecule has 0 saturated carbocycles. The summed E-state index contributed by atoms with van der Waals surface area (Å²) in [6, 6.07) is 7.57. The van der Waals surface area contributed by atoms with Gasteiger partial charge in [0.25, 0.3) is 0 Å². The van der Waals surface area contributed by atoms with Crippen molar-refractivity contribution in [1.82, 2.24) is 10.2 Å². The monoisotopic (exact) mass is 338 g/mol. The molecule has 5 nitrogen and oxygen atoms in total. The molecule has 1 N–H and O–H groups in total. The van der Waals surface area contributed by atoms with Gasteiger partial charge in [0, 0.05) is 24.7 Å². The van der Waals surface area contributed by atoms with Gasteiger partial charge in [-0.3, -0.25) is 9.59 Å². The normalized spacial score (nSPS) is 15.5. The summed E-state index contributed by atoms with van der Waals surface area (Å²) in [4.78, 5) is 25.7. The largest absolute Gasteiger partial charge is 0.466 e. The first kappa shape index (κ1) is 17.8. The van der Waals surface area contributed by atoms with Crippen LogP contribution in [0.25, 0.3) is 0 Å². The highest BCUT2D eigenvalue weighted by atomic mass is 35.5. The van der Waals surface area contributed by atoms with Gasteiger partial charge in [0.2, 0.25) is 5.91 Å². The van der Waals surface area contributed by atoms with Crippen molar-refractivity contribution in [2.45, 2.75) is 26.3 Å². The highest BCUT2D eigenvalue weighted by Crippen LogP contribution is 2.19. The smallest absolute Gasteiger partial charge is 0.309 e. The first-order chi connectivity index (χ1) is 11.1. The molecule has 1 aliphatic heterocycles. The van der Waals surface area contributed by atoms with Crippen LogP contribution in [0.15, 0.2) is 24.3 Å². The van der Waals surface area contributed by atoms with Crippen LogP contribution in [0.5, 0.6) is 0 Å². The van der Waals surface area contributed by atoms with Gasteiger partial charge in [-0.15, -0.1) is 0 Å². The fourth-order valence-electron chi connectivity index (χ4n) is 2.68. The number of nitrogens with zero attached hydrogens (tertiary/aromatic N) is 1. The van der Waals surface area contributed by atoms with Crippen LogP contribution in [-0.2, 0) is 20.9 Å². The van der Waals surface area contributed by atoms with Gasteiger partial charge in [-0.05, 0) is 31.4 Å². The Kier molecular flexibility index (Phi) is 6.86. The van der Waals surface area contributed by atoms with Crippen molar-refractivity contribution in [3.63, 3.8) is 0 Å². The Morgan fingerprint density at radius 2 is 2.00 bits per heavy atom. The molecule has 6 heteroatoms. The van der Waals surface area contributed by atoms with Gasteiger partial charge in [0.1, 0.15) is 0 Å². The molecule has 1 aliphatic rings. The Morgan fingerprint density at radius 3 is 2.65 bits per heavy atom. The lowest BCUT2D eigenvalue weighted by molar-refractivity contribution is -0.151. The molecule has 126 valence electrons. The zero-order valence-electron chi connectivity index (χ0n) is 13.4. The molecule has 0 spiro atoms. The summed E-state index contributed by atoms with van der Waals surface area (Å²) >= 11 is 6.08. The van der Waals surface area contributed by atoms with Crippen LogP contribution in [0.2, 0.25) is 5.02 Å². The molecule has 0 aliphatic carbocycles. The fourth-order valence-corrected chi connectivity index (χ4v) is 2.88. The quantitative estimate of drug-likeness (QED) is 0.808. The van der Waals surface area contributed by atoms with Crippen molar-refractivity contribution < 1.29 is 14.3 Å². The summed E-state index contributed by atoms with van der Waals surface area (Å²) in [5, 5.41) is 3.82. The lowest BCUT2D eigenvalue weighted by atomic mass is 9.97. The summed E-state index contributed by atoms with van der Waals surface area (Å²) in [7, 11) is 0. The van der Waals surface area contributed by atoms with Crippen LogP contribution < -0.4 is 5.32 Å². The Labute approximate surface area is 141 Å². The number of carbonyl (C=O) groups excluding carboxylic acids is 2. The van der Waals surface area contributed by atoms with E-state index in [1.807, 2.05) is 24.3 Å². The number of hydrogen-bond acceptors (Lipinski definition) is 4. The number of piperidine rings is 1. The van der Waals surface area contributed by atoms with E-state index < -0.39 is 0 Å².